The third kappa shape index (κ3) is 4.51. The van der Waals surface area contributed by atoms with Crippen LogP contribution in [0.25, 0.3) is 0 Å². The third-order valence-electron chi connectivity index (χ3n) is 7.29. The molecule has 30 heavy (non-hydrogen) atoms. The van der Waals surface area contributed by atoms with Gasteiger partial charge in [0.25, 0.3) is 0 Å². The van der Waals surface area contributed by atoms with Gasteiger partial charge in [-0.1, -0.05) is 73.9 Å². The van der Waals surface area contributed by atoms with Crippen molar-refractivity contribution in [2.24, 2.45) is 5.90 Å². The Labute approximate surface area is 181 Å². The second kappa shape index (κ2) is 9.43. The van der Waals surface area contributed by atoms with Gasteiger partial charge in [0, 0.05) is 17.5 Å². The van der Waals surface area contributed by atoms with Gasteiger partial charge in [0.1, 0.15) is 5.75 Å². The van der Waals surface area contributed by atoms with Crippen LogP contribution >= 0.6 is 0 Å². The fourth-order valence-electron chi connectivity index (χ4n) is 5.82. The number of hydrogen-bond acceptors (Lipinski definition) is 3. The largest absolute Gasteiger partial charge is 0.507 e. The van der Waals surface area contributed by atoms with Crippen molar-refractivity contribution in [3.63, 3.8) is 0 Å². The van der Waals surface area contributed by atoms with Crippen molar-refractivity contribution in [1.29, 1.82) is 0 Å². The molecule has 0 unspecified atom stereocenters. The van der Waals surface area contributed by atoms with Gasteiger partial charge in [0.15, 0.2) is 5.75 Å². The summed E-state index contributed by atoms with van der Waals surface area (Å²) in [6.07, 6.45) is 13.2. The van der Waals surface area contributed by atoms with Gasteiger partial charge in [-0.05, 0) is 62.5 Å². The van der Waals surface area contributed by atoms with Gasteiger partial charge in [0.05, 0.1) is 0 Å². The summed E-state index contributed by atoms with van der Waals surface area (Å²) in [6, 6.07) is 8.76. The molecule has 4 rings (SSSR count). The smallest absolute Gasteiger partial charge is 0.153 e. The summed E-state index contributed by atoms with van der Waals surface area (Å²) in [5, 5.41) is 11.2. The number of phenolic OH excluding ortho intramolecular Hbond substituents is 1. The SMILES string of the molecule is Cc1cc(Cc2cc(C)cc(C3CCCCC3)c2ON)c(O)c(C2CCCCC2)c1. The van der Waals surface area contributed by atoms with Gasteiger partial charge in [-0.3, -0.25) is 0 Å². The maximum atomic E-state index is 11.2. The van der Waals surface area contributed by atoms with Crippen LogP contribution < -0.4 is 10.7 Å². The second-order valence-electron chi connectivity index (χ2n) is 9.67. The van der Waals surface area contributed by atoms with Crippen LogP contribution in [-0.2, 0) is 6.42 Å². The van der Waals surface area contributed by atoms with Crippen molar-refractivity contribution < 1.29 is 9.94 Å². The zero-order valence-electron chi connectivity index (χ0n) is 18.7. The normalized spacial score (nSPS) is 18.5. The van der Waals surface area contributed by atoms with E-state index in [0.717, 1.165) is 22.4 Å². The first-order chi connectivity index (χ1) is 14.6. The molecular weight excluding hydrogens is 370 g/mol. The van der Waals surface area contributed by atoms with E-state index in [1.807, 2.05) is 0 Å². The molecule has 162 valence electrons. The molecular formula is C27H37NO2. The maximum Gasteiger partial charge on any atom is 0.153 e. The van der Waals surface area contributed by atoms with Crippen molar-refractivity contribution >= 4 is 0 Å². The van der Waals surface area contributed by atoms with Gasteiger partial charge in [-0.25, -0.2) is 0 Å². The van der Waals surface area contributed by atoms with Crippen LogP contribution in [-0.4, -0.2) is 5.11 Å². The fraction of sp³-hybridized carbons (Fsp3) is 0.556. The van der Waals surface area contributed by atoms with Gasteiger partial charge in [-0.2, -0.15) is 5.90 Å². The topological polar surface area (TPSA) is 55.5 Å². The molecule has 2 saturated carbocycles. The lowest BCUT2D eigenvalue weighted by Gasteiger charge is -2.26. The zero-order valence-corrected chi connectivity index (χ0v) is 18.7. The maximum absolute atomic E-state index is 11.2. The molecule has 0 heterocycles. The molecule has 0 radical (unpaired) electrons. The lowest BCUT2D eigenvalue weighted by Crippen LogP contribution is -2.13. The molecule has 3 heteroatoms. The number of phenols is 1. The average molecular weight is 408 g/mol. The number of aryl methyl sites for hydroxylation is 2. The molecule has 0 amide bonds. The lowest BCUT2D eigenvalue weighted by molar-refractivity contribution is 0.319. The first-order valence-electron chi connectivity index (χ1n) is 11.9. The minimum Gasteiger partial charge on any atom is -0.507 e. The van der Waals surface area contributed by atoms with E-state index in [9.17, 15) is 5.11 Å². The monoisotopic (exact) mass is 407 g/mol. The van der Waals surface area contributed by atoms with E-state index in [4.69, 9.17) is 10.7 Å². The summed E-state index contributed by atoms with van der Waals surface area (Å²) >= 11 is 0. The molecule has 2 fully saturated rings. The summed E-state index contributed by atoms with van der Waals surface area (Å²) in [7, 11) is 0. The van der Waals surface area contributed by atoms with E-state index in [1.54, 1.807) is 0 Å². The number of nitrogens with two attached hydrogens (primary N) is 1. The van der Waals surface area contributed by atoms with E-state index < -0.39 is 0 Å². The standard InChI is InChI=1S/C27H37NO2/c1-18-13-22(26(29)24(15-18)20-9-5-3-6-10-20)17-23-14-19(2)16-25(27(23)30-28)21-11-7-4-8-12-21/h13-16,20-21,29H,3-12,17,28H2,1-2H3. The highest BCUT2D eigenvalue weighted by molar-refractivity contribution is 5.52. The summed E-state index contributed by atoms with van der Waals surface area (Å²) in [4.78, 5) is 5.49. The fourth-order valence-corrected chi connectivity index (χ4v) is 5.82. The van der Waals surface area contributed by atoms with Crippen LogP contribution in [0.5, 0.6) is 11.5 Å². The number of rotatable bonds is 5. The van der Waals surface area contributed by atoms with Crippen LogP contribution in [0, 0.1) is 13.8 Å². The highest BCUT2D eigenvalue weighted by atomic mass is 16.6. The first kappa shape index (κ1) is 21.2. The van der Waals surface area contributed by atoms with Crippen molar-refractivity contribution in [3.8, 4) is 11.5 Å². The summed E-state index contributed by atoms with van der Waals surface area (Å²) in [6.45, 7) is 4.29. The van der Waals surface area contributed by atoms with E-state index in [-0.39, 0.29) is 0 Å². The summed E-state index contributed by atoms with van der Waals surface area (Å²) in [5.41, 5.74) is 6.94. The Balaban J connectivity index is 1.70. The summed E-state index contributed by atoms with van der Waals surface area (Å²) < 4.78 is 0. The quantitative estimate of drug-likeness (QED) is 0.527. The lowest BCUT2D eigenvalue weighted by atomic mass is 9.80. The molecule has 0 aliphatic heterocycles. The summed E-state index contributed by atoms with van der Waals surface area (Å²) in [5.74, 6) is 8.14. The first-order valence-corrected chi connectivity index (χ1v) is 11.9. The van der Waals surface area contributed by atoms with Gasteiger partial charge in [0.2, 0.25) is 0 Å². The molecule has 0 saturated heterocycles. The van der Waals surface area contributed by atoms with E-state index in [2.05, 4.69) is 38.1 Å². The predicted octanol–water partition coefficient (Wildman–Crippen LogP) is 6.95. The van der Waals surface area contributed by atoms with Crippen molar-refractivity contribution in [2.45, 2.75) is 96.3 Å². The molecule has 2 aromatic carbocycles. The minimum atomic E-state index is 0.483. The van der Waals surface area contributed by atoms with Gasteiger partial charge in [-0.15, -0.1) is 0 Å². The number of benzene rings is 2. The Hall–Kier alpha value is -2.00. The molecule has 0 spiro atoms. The molecule has 2 aromatic rings. The number of hydrogen-bond donors (Lipinski definition) is 2. The molecule has 3 nitrogen and oxygen atoms in total. The molecule has 0 atom stereocenters. The van der Waals surface area contributed by atoms with Crippen LogP contribution in [0.4, 0.5) is 0 Å². The Bertz CT molecular complexity index is 877. The Morgan fingerprint density at radius 2 is 1.27 bits per heavy atom. The average Bonchev–Trinajstić information content (AvgIpc) is 2.77. The van der Waals surface area contributed by atoms with Crippen LogP contribution in [0.2, 0.25) is 0 Å². The molecule has 0 aromatic heterocycles. The second-order valence-corrected chi connectivity index (χ2v) is 9.67. The Morgan fingerprint density at radius 3 is 1.83 bits per heavy atom. The predicted molar refractivity (Wildman–Crippen MR) is 123 cm³/mol. The van der Waals surface area contributed by atoms with Gasteiger partial charge < -0.3 is 9.94 Å². The minimum absolute atomic E-state index is 0.483. The Morgan fingerprint density at radius 1 is 0.767 bits per heavy atom. The molecule has 2 aliphatic carbocycles. The highest BCUT2D eigenvalue weighted by Gasteiger charge is 2.24. The van der Waals surface area contributed by atoms with E-state index in [0.29, 0.717) is 24.0 Å². The molecule has 0 bridgehead atoms. The highest BCUT2D eigenvalue weighted by Crippen LogP contribution is 2.43. The zero-order chi connectivity index (χ0) is 21.1. The van der Waals surface area contributed by atoms with Crippen molar-refractivity contribution in [3.05, 3.63) is 57.6 Å². The molecule has 2 aliphatic rings. The number of aromatic hydroxyl groups is 1. The van der Waals surface area contributed by atoms with Crippen molar-refractivity contribution in [1.82, 2.24) is 0 Å². The van der Waals surface area contributed by atoms with Crippen LogP contribution in [0.15, 0.2) is 24.3 Å². The van der Waals surface area contributed by atoms with Crippen LogP contribution in [0.3, 0.4) is 0 Å². The van der Waals surface area contributed by atoms with E-state index in [1.165, 1.54) is 80.9 Å². The third-order valence-corrected chi connectivity index (χ3v) is 7.29. The molecule has 3 N–H and O–H groups in total. The Kier molecular flexibility index (Phi) is 6.67. The van der Waals surface area contributed by atoms with Crippen molar-refractivity contribution in [2.75, 3.05) is 0 Å². The van der Waals surface area contributed by atoms with Gasteiger partial charge >= 0.3 is 0 Å². The van der Waals surface area contributed by atoms with E-state index >= 15 is 0 Å². The van der Waals surface area contributed by atoms with Crippen LogP contribution in [0.1, 0.15) is 109 Å².